The Hall–Kier alpha value is -3.12. The molecule has 6 heteroatoms. The Balaban J connectivity index is 1.28. The highest BCUT2D eigenvalue weighted by atomic mass is 16.5. The number of fused-ring (bicyclic) bond motifs is 4. The molecule has 1 saturated heterocycles. The SMILES string of the molecule is Cc1cc(=O)oc2cc(OCC(=O)N3C[C@@H]4[C@H](N)c5ccccc5[C@@H]4C3)ccc12. The van der Waals surface area contributed by atoms with Crippen LogP contribution in [0.25, 0.3) is 11.0 Å². The Kier molecular flexibility index (Phi) is 4.17. The number of carbonyl (C=O) groups excluding carboxylic acids is 1. The third-order valence-corrected chi connectivity index (χ3v) is 6.22. The summed E-state index contributed by atoms with van der Waals surface area (Å²) in [4.78, 5) is 26.2. The summed E-state index contributed by atoms with van der Waals surface area (Å²) in [5.74, 6) is 0.994. The second-order valence-corrected chi connectivity index (χ2v) is 7.92. The number of nitrogens with zero attached hydrogens (tertiary/aromatic N) is 1. The maximum Gasteiger partial charge on any atom is 0.336 e. The molecule has 1 amide bonds. The van der Waals surface area contributed by atoms with E-state index in [4.69, 9.17) is 14.9 Å². The second kappa shape index (κ2) is 6.74. The number of rotatable bonds is 3. The molecule has 2 N–H and O–H groups in total. The predicted molar refractivity (Wildman–Crippen MR) is 109 cm³/mol. The fourth-order valence-electron chi connectivity index (χ4n) is 4.74. The minimum atomic E-state index is -0.400. The van der Waals surface area contributed by atoms with Gasteiger partial charge in [0.25, 0.3) is 5.91 Å². The molecule has 2 aliphatic rings. The molecule has 0 saturated carbocycles. The molecule has 3 aromatic rings. The van der Waals surface area contributed by atoms with Crippen LogP contribution in [0.5, 0.6) is 5.75 Å². The average molecular weight is 390 g/mol. The molecule has 1 aliphatic heterocycles. The van der Waals surface area contributed by atoms with Crippen LogP contribution in [0.15, 0.2) is 57.7 Å². The number of hydrogen-bond acceptors (Lipinski definition) is 5. The number of amides is 1. The smallest absolute Gasteiger partial charge is 0.336 e. The van der Waals surface area contributed by atoms with E-state index in [0.717, 1.165) is 10.9 Å². The summed E-state index contributed by atoms with van der Waals surface area (Å²) >= 11 is 0. The fourth-order valence-corrected chi connectivity index (χ4v) is 4.74. The van der Waals surface area contributed by atoms with E-state index in [1.54, 1.807) is 12.1 Å². The topological polar surface area (TPSA) is 85.8 Å². The van der Waals surface area contributed by atoms with E-state index in [9.17, 15) is 9.59 Å². The summed E-state index contributed by atoms with van der Waals surface area (Å²) in [6, 6.07) is 15.0. The molecule has 0 bridgehead atoms. The Labute approximate surface area is 167 Å². The van der Waals surface area contributed by atoms with Gasteiger partial charge >= 0.3 is 5.63 Å². The van der Waals surface area contributed by atoms with Crippen molar-refractivity contribution in [3.8, 4) is 5.75 Å². The van der Waals surface area contributed by atoms with Crippen LogP contribution in [0.1, 0.15) is 28.7 Å². The lowest BCUT2D eigenvalue weighted by molar-refractivity contribution is -0.132. The molecule has 1 aromatic heterocycles. The summed E-state index contributed by atoms with van der Waals surface area (Å²) in [7, 11) is 0. The lowest BCUT2D eigenvalue weighted by Gasteiger charge is -2.20. The van der Waals surface area contributed by atoms with Crippen LogP contribution in [0, 0.1) is 12.8 Å². The van der Waals surface area contributed by atoms with Crippen LogP contribution < -0.4 is 16.1 Å². The van der Waals surface area contributed by atoms with Gasteiger partial charge in [-0.05, 0) is 35.7 Å². The molecule has 1 aliphatic carbocycles. The monoisotopic (exact) mass is 390 g/mol. The first kappa shape index (κ1) is 17.9. The Morgan fingerprint density at radius 2 is 1.97 bits per heavy atom. The van der Waals surface area contributed by atoms with Crippen molar-refractivity contribution < 1.29 is 13.9 Å². The third kappa shape index (κ3) is 3.00. The number of ether oxygens (including phenoxy) is 1. The summed E-state index contributed by atoms with van der Waals surface area (Å²) in [5, 5.41) is 0.850. The Bertz CT molecular complexity index is 1170. The molecule has 3 atom stereocenters. The van der Waals surface area contributed by atoms with Crippen molar-refractivity contribution in [1.29, 1.82) is 0 Å². The van der Waals surface area contributed by atoms with E-state index >= 15 is 0 Å². The van der Waals surface area contributed by atoms with Crippen LogP contribution in [-0.2, 0) is 4.79 Å². The Morgan fingerprint density at radius 3 is 2.79 bits per heavy atom. The van der Waals surface area contributed by atoms with Crippen LogP contribution in [0.4, 0.5) is 0 Å². The number of benzene rings is 2. The van der Waals surface area contributed by atoms with Gasteiger partial charge in [0, 0.05) is 48.5 Å². The summed E-state index contributed by atoms with van der Waals surface area (Å²) in [5.41, 5.74) is 9.81. The zero-order valence-corrected chi connectivity index (χ0v) is 16.1. The quantitative estimate of drug-likeness (QED) is 0.695. The van der Waals surface area contributed by atoms with Gasteiger partial charge in [0.2, 0.25) is 0 Å². The van der Waals surface area contributed by atoms with E-state index in [-0.39, 0.29) is 24.5 Å². The molecule has 148 valence electrons. The van der Waals surface area contributed by atoms with Crippen molar-refractivity contribution in [1.82, 2.24) is 4.90 Å². The largest absolute Gasteiger partial charge is 0.484 e. The van der Waals surface area contributed by atoms with E-state index in [2.05, 4.69) is 12.1 Å². The van der Waals surface area contributed by atoms with Crippen LogP contribution in [0.2, 0.25) is 0 Å². The molecule has 0 radical (unpaired) electrons. The molecule has 5 rings (SSSR count). The highest BCUT2D eigenvalue weighted by Gasteiger charge is 2.45. The molecule has 29 heavy (non-hydrogen) atoms. The van der Waals surface area contributed by atoms with Gasteiger partial charge in [-0.2, -0.15) is 0 Å². The maximum atomic E-state index is 12.7. The number of aryl methyl sites for hydroxylation is 1. The first-order valence-electron chi connectivity index (χ1n) is 9.81. The van der Waals surface area contributed by atoms with E-state index in [1.807, 2.05) is 30.0 Å². The van der Waals surface area contributed by atoms with Gasteiger partial charge in [0.1, 0.15) is 11.3 Å². The molecular formula is C23H22N2O4. The standard InChI is InChI=1S/C23H22N2O4/c1-13-8-22(27)29-20-9-14(6-7-15(13)20)28-12-21(26)25-10-18-16-4-2-3-5-17(16)23(24)19(18)11-25/h2-9,18-19,23H,10-12,24H2,1H3/t18-,19-,23+/m0/s1. The third-order valence-electron chi connectivity index (χ3n) is 6.22. The maximum absolute atomic E-state index is 12.7. The molecular weight excluding hydrogens is 368 g/mol. The van der Waals surface area contributed by atoms with Crippen molar-refractivity contribution in [2.45, 2.75) is 18.9 Å². The number of carbonyl (C=O) groups is 1. The molecule has 6 nitrogen and oxygen atoms in total. The van der Waals surface area contributed by atoms with Gasteiger partial charge in [-0.1, -0.05) is 24.3 Å². The van der Waals surface area contributed by atoms with Gasteiger partial charge in [-0.25, -0.2) is 4.79 Å². The molecule has 1 fully saturated rings. The van der Waals surface area contributed by atoms with Crippen molar-refractivity contribution in [2.75, 3.05) is 19.7 Å². The van der Waals surface area contributed by atoms with Crippen LogP contribution in [0.3, 0.4) is 0 Å². The highest BCUT2D eigenvalue weighted by Crippen LogP contribution is 2.47. The molecule has 2 aromatic carbocycles. The molecule has 0 unspecified atom stereocenters. The van der Waals surface area contributed by atoms with E-state index in [0.29, 0.717) is 30.3 Å². The summed E-state index contributed by atoms with van der Waals surface area (Å²) in [6.45, 7) is 3.12. The zero-order valence-electron chi connectivity index (χ0n) is 16.1. The first-order valence-corrected chi connectivity index (χ1v) is 9.81. The predicted octanol–water partition coefficient (Wildman–Crippen LogP) is 2.74. The average Bonchev–Trinajstić information content (AvgIpc) is 3.26. The van der Waals surface area contributed by atoms with Gasteiger partial charge in [0.05, 0.1) is 0 Å². The van der Waals surface area contributed by atoms with E-state index < -0.39 is 5.63 Å². The highest BCUT2D eigenvalue weighted by molar-refractivity contribution is 5.82. The van der Waals surface area contributed by atoms with Crippen LogP contribution >= 0.6 is 0 Å². The summed E-state index contributed by atoms with van der Waals surface area (Å²) in [6.07, 6.45) is 0. The minimum Gasteiger partial charge on any atom is -0.484 e. The van der Waals surface area contributed by atoms with Crippen molar-refractivity contribution in [2.24, 2.45) is 11.7 Å². The number of nitrogens with two attached hydrogens (primary N) is 1. The van der Waals surface area contributed by atoms with Crippen molar-refractivity contribution in [3.63, 3.8) is 0 Å². The van der Waals surface area contributed by atoms with Gasteiger partial charge < -0.3 is 19.8 Å². The summed E-state index contributed by atoms with van der Waals surface area (Å²) < 4.78 is 10.9. The minimum absolute atomic E-state index is 0.0263. The lowest BCUT2D eigenvalue weighted by Crippen LogP contribution is -2.34. The normalized spacial score (nSPS) is 22.6. The number of hydrogen-bond donors (Lipinski definition) is 1. The second-order valence-electron chi connectivity index (χ2n) is 7.92. The number of likely N-dealkylation sites (tertiary alicyclic amines) is 1. The van der Waals surface area contributed by atoms with Gasteiger partial charge in [0.15, 0.2) is 6.61 Å². The van der Waals surface area contributed by atoms with Gasteiger partial charge in [-0.3, -0.25) is 4.79 Å². The van der Waals surface area contributed by atoms with Crippen molar-refractivity contribution in [3.05, 3.63) is 75.6 Å². The Morgan fingerprint density at radius 1 is 1.17 bits per heavy atom. The molecule has 0 spiro atoms. The zero-order chi connectivity index (χ0) is 20.1. The van der Waals surface area contributed by atoms with Crippen molar-refractivity contribution >= 4 is 16.9 Å². The van der Waals surface area contributed by atoms with Crippen LogP contribution in [-0.4, -0.2) is 30.5 Å². The fraction of sp³-hybridized carbons (Fsp3) is 0.304. The van der Waals surface area contributed by atoms with E-state index in [1.165, 1.54) is 17.2 Å². The first-order chi connectivity index (χ1) is 14.0. The van der Waals surface area contributed by atoms with Gasteiger partial charge in [-0.15, -0.1) is 0 Å². The lowest BCUT2D eigenvalue weighted by atomic mass is 9.95. The molecule has 2 heterocycles.